The molecule has 0 saturated carbocycles. The monoisotopic (exact) mass is 194 g/mol. The number of hydrogen-bond donors (Lipinski definition) is 1. The Morgan fingerprint density at radius 2 is 1.00 bits per heavy atom. The molecule has 0 bridgehead atoms. The van der Waals surface area contributed by atoms with Gasteiger partial charge in [0.2, 0.25) is 0 Å². The summed E-state index contributed by atoms with van der Waals surface area (Å²) in [5.41, 5.74) is 0. The van der Waals surface area contributed by atoms with Gasteiger partial charge in [0.1, 0.15) is 0 Å². The molecule has 0 saturated heterocycles. The third-order valence-corrected chi connectivity index (χ3v) is 0. The smallest absolute Gasteiger partial charge is 1.00 e. The fourth-order valence-corrected chi connectivity index (χ4v) is 0. The van der Waals surface area contributed by atoms with Crippen molar-refractivity contribution in [1.29, 1.82) is 0 Å². The van der Waals surface area contributed by atoms with Gasteiger partial charge in [0.25, 0.3) is 5.97 Å². The van der Waals surface area contributed by atoms with Crippen molar-refractivity contribution < 1.29 is 45.6 Å². The van der Waals surface area contributed by atoms with Crippen molar-refractivity contribution in [3.8, 4) is 0 Å². The van der Waals surface area contributed by atoms with E-state index in [1.807, 2.05) is 0 Å². The summed E-state index contributed by atoms with van der Waals surface area (Å²) in [6.45, 7) is 1.08. The van der Waals surface area contributed by atoms with Crippen molar-refractivity contribution in [1.82, 2.24) is 0 Å². The first kappa shape index (κ1) is 122. The van der Waals surface area contributed by atoms with Gasteiger partial charge in [0, 0.05) is 6.92 Å². The van der Waals surface area contributed by atoms with Crippen LogP contribution < -0.4 is 0 Å². The minimum Gasteiger partial charge on any atom is -1.00 e. The second kappa shape index (κ2) is 90.1. The molecule has 0 atom stereocenters. The summed E-state index contributed by atoms with van der Waals surface area (Å²) in [4.78, 5) is 9.00. The van der Waals surface area contributed by atoms with Crippen LogP contribution in [-0.4, -0.2) is 67.0 Å². The summed E-state index contributed by atoms with van der Waals surface area (Å²) in [6, 6.07) is 0. The molecule has 13 N–H and O–H groups in total. The second-order valence-electron chi connectivity index (χ2n) is 0.519. The van der Waals surface area contributed by atoms with Crippen LogP contribution in [0.3, 0.4) is 0 Å². The van der Waals surface area contributed by atoms with E-state index in [2.05, 4.69) is 0 Å². The number of hydrogen-bond acceptors (Lipinski definition) is 1. The Hall–Kier alpha value is -0.00377. The van der Waals surface area contributed by atoms with Gasteiger partial charge in [-0.25, -0.2) is 0 Å². The third-order valence-electron chi connectivity index (χ3n) is 0. The standard InChI is InChI=1S/C2H4O2.Mg.6H2O.2H/c1-2(3)4;;;;;;;;;/h1H3,(H,3,4);;6*1H2;;/q;+2;;;;;;;2*-1. The molecule has 0 aliphatic carbocycles. The molecular formula is C2H18MgO8. The maximum atomic E-state index is 9.00. The van der Waals surface area contributed by atoms with E-state index in [0.29, 0.717) is 0 Å². The quantitative estimate of drug-likeness (QED) is 0.373. The van der Waals surface area contributed by atoms with Crippen molar-refractivity contribution in [3.63, 3.8) is 0 Å². The Morgan fingerprint density at radius 1 is 1.00 bits per heavy atom. The third kappa shape index (κ3) is 45100000. The molecule has 0 aliphatic heterocycles. The van der Waals surface area contributed by atoms with E-state index in [-0.39, 0.29) is 58.8 Å². The Kier molecular flexibility index (Phi) is 1000. The van der Waals surface area contributed by atoms with Crippen LogP contribution in [0.4, 0.5) is 0 Å². The molecule has 0 aromatic rings. The summed E-state index contributed by atoms with van der Waals surface area (Å²) in [5, 5.41) is 7.42. The Bertz CT molecular complexity index is 43.1. The molecule has 0 heterocycles. The van der Waals surface area contributed by atoms with E-state index in [1.165, 1.54) is 0 Å². The first-order valence-electron chi connectivity index (χ1n) is 0.928. The molecule has 8 nitrogen and oxygen atoms in total. The maximum absolute atomic E-state index is 9.00. The van der Waals surface area contributed by atoms with E-state index in [9.17, 15) is 0 Å². The maximum Gasteiger partial charge on any atom is 2.00 e. The van der Waals surface area contributed by atoms with Gasteiger partial charge in [-0.3, -0.25) is 4.79 Å². The van der Waals surface area contributed by atoms with Gasteiger partial charge in [-0.05, 0) is 0 Å². The zero-order valence-electron chi connectivity index (χ0n) is 8.06. The number of rotatable bonds is 0. The van der Waals surface area contributed by atoms with Gasteiger partial charge < -0.3 is 40.8 Å². The fraction of sp³-hybridized carbons (Fsp3) is 0.500. The second-order valence-corrected chi connectivity index (χ2v) is 0.519. The van der Waals surface area contributed by atoms with E-state index < -0.39 is 5.97 Å². The molecule has 0 aliphatic rings. The van der Waals surface area contributed by atoms with Crippen LogP contribution in [0.1, 0.15) is 9.78 Å². The van der Waals surface area contributed by atoms with Gasteiger partial charge >= 0.3 is 23.1 Å². The number of carboxylic acid groups (broad SMARTS) is 1. The van der Waals surface area contributed by atoms with Crippen molar-refractivity contribution in [2.75, 3.05) is 0 Å². The van der Waals surface area contributed by atoms with Crippen molar-refractivity contribution in [2.24, 2.45) is 0 Å². The molecule has 76 valence electrons. The van der Waals surface area contributed by atoms with Gasteiger partial charge in [-0.1, -0.05) is 0 Å². The Balaban J connectivity index is -0.00000000125. The molecule has 0 radical (unpaired) electrons. The SMILES string of the molecule is CC(=O)O.O.O.O.O.O.O.[H-].[H-].[Mg+2]. The summed E-state index contributed by atoms with van der Waals surface area (Å²) < 4.78 is 0. The number of carboxylic acids is 1. The number of carbonyl (C=O) groups is 1. The zero-order chi connectivity index (χ0) is 3.58. The molecule has 11 heavy (non-hydrogen) atoms. The van der Waals surface area contributed by atoms with E-state index in [0.717, 1.165) is 6.92 Å². The van der Waals surface area contributed by atoms with Gasteiger partial charge in [-0.15, -0.1) is 0 Å². The van der Waals surface area contributed by atoms with Crippen molar-refractivity contribution in [3.05, 3.63) is 0 Å². The minimum atomic E-state index is -0.833. The molecular weight excluding hydrogens is 176 g/mol. The van der Waals surface area contributed by atoms with Gasteiger partial charge in [-0.2, -0.15) is 0 Å². The summed E-state index contributed by atoms with van der Waals surface area (Å²) >= 11 is 0. The zero-order valence-corrected chi connectivity index (χ0v) is 7.48. The summed E-state index contributed by atoms with van der Waals surface area (Å²) in [5.74, 6) is -0.833. The van der Waals surface area contributed by atoms with E-state index in [4.69, 9.17) is 9.90 Å². The van der Waals surface area contributed by atoms with Gasteiger partial charge in [0.05, 0.1) is 0 Å². The molecule has 0 amide bonds. The van der Waals surface area contributed by atoms with E-state index >= 15 is 0 Å². The Morgan fingerprint density at radius 3 is 1.00 bits per heavy atom. The normalized spacial score (nSPS) is 2.27. The van der Waals surface area contributed by atoms with E-state index in [1.54, 1.807) is 0 Å². The van der Waals surface area contributed by atoms with Crippen LogP contribution in [0.25, 0.3) is 0 Å². The minimum absolute atomic E-state index is 0. The summed E-state index contributed by atoms with van der Waals surface area (Å²) in [7, 11) is 0. The number of aliphatic carboxylic acids is 1. The molecule has 0 aromatic carbocycles. The fourth-order valence-electron chi connectivity index (χ4n) is 0. The van der Waals surface area contributed by atoms with Crippen LogP contribution in [0.15, 0.2) is 0 Å². The molecule has 0 aromatic heterocycles. The average Bonchev–Trinajstić information content (AvgIpc) is 0.811. The first-order chi connectivity index (χ1) is 1.73. The largest absolute Gasteiger partial charge is 2.00 e. The van der Waals surface area contributed by atoms with Crippen molar-refractivity contribution in [2.45, 2.75) is 6.92 Å². The predicted octanol–water partition coefficient (Wildman–Crippen LogP) is -5.01. The van der Waals surface area contributed by atoms with Crippen molar-refractivity contribution >= 4 is 29.0 Å². The predicted molar refractivity (Wildman–Crippen MR) is 43.0 cm³/mol. The topological polar surface area (TPSA) is 226 Å². The molecule has 0 spiro atoms. The Labute approximate surface area is 82.2 Å². The first-order valence-corrected chi connectivity index (χ1v) is 0.928. The van der Waals surface area contributed by atoms with Crippen LogP contribution in [0, 0.1) is 0 Å². The average molecular weight is 194 g/mol. The van der Waals surface area contributed by atoms with Gasteiger partial charge in [0.15, 0.2) is 0 Å². The van der Waals surface area contributed by atoms with Crippen LogP contribution in [0.2, 0.25) is 0 Å². The van der Waals surface area contributed by atoms with Crippen LogP contribution in [-0.2, 0) is 4.79 Å². The molecule has 0 fully saturated rings. The summed E-state index contributed by atoms with van der Waals surface area (Å²) in [6.07, 6.45) is 0. The molecule has 0 unspecified atom stereocenters. The molecule has 9 heteroatoms. The van der Waals surface area contributed by atoms with Crippen LogP contribution in [0.5, 0.6) is 0 Å². The molecule has 0 rings (SSSR count). The van der Waals surface area contributed by atoms with Crippen LogP contribution >= 0.6 is 0 Å².